The van der Waals surface area contributed by atoms with E-state index in [-0.39, 0.29) is 11.9 Å². The first-order chi connectivity index (χ1) is 10.1. The summed E-state index contributed by atoms with van der Waals surface area (Å²) in [6, 6.07) is 15.0. The van der Waals surface area contributed by atoms with Crippen LogP contribution in [0, 0.1) is 0 Å². The molecule has 0 aliphatic carbocycles. The van der Waals surface area contributed by atoms with Crippen molar-refractivity contribution >= 4 is 45.0 Å². The molecule has 1 N–H and O–H groups in total. The molecule has 1 unspecified atom stereocenters. The Morgan fingerprint density at radius 1 is 1.19 bits per heavy atom. The van der Waals surface area contributed by atoms with Crippen LogP contribution in [0.3, 0.4) is 0 Å². The van der Waals surface area contributed by atoms with Crippen LogP contribution in [-0.4, -0.2) is 17.8 Å². The molecular weight excluding hydrogens is 373 g/mol. The molecule has 0 aliphatic heterocycles. The number of rotatable bonds is 5. The predicted molar refractivity (Wildman–Crippen MR) is 91.3 cm³/mol. The quantitative estimate of drug-likeness (QED) is 0.742. The monoisotopic (exact) mass is 385 g/mol. The number of hydrogen-bond donors (Lipinski definition) is 1. The van der Waals surface area contributed by atoms with Gasteiger partial charge in [0, 0.05) is 16.4 Å². The Kier molecular flexibility index (Phi) is 6.09. The molecule has 0 aromatic heterocycles. The maximum absolute atomic E-state index is 12.3. The van der Waals surface area contributed by atoms with Crippen LogP contribution in [0.15, 0.2) is 53.0 Å². The molecule has 1 atom stereocenters. The first-order valence-corrected chi connectivity index (χ1v) is 8.16. The lowest BCUT2D eigenvalue weighted by atomic mass is 10.1. The predicted octanol–water partition coefficient (Wildman–Crippen LogP) is 4.68. The summed E-state index contributed by atoms with van der Waals surface area (Å²) in [5.41, 5.74) is 1.58. The lowest BCUT2D eigenvalue weighted by molar-refractivity contribution is 0.0940. The van der Waals surface area contributed by atoms with E-state index in [1.807, 2.05) is 30.3 Å². The van der Waals surface area contributed by atoms with Crippen LogP contribution >= 0.6 is 39.1 Å². The van der Waals surface area contributed by atoms with Gasteiger partial charge in [0.1, 0.15) is 0 Å². The van der Waals surface area contributed by atoms with Gasteiger partial charge in [0.05, 0.1) is 10.6 Å². The molecule has 0 bridgehead atoms. The molecule has 0 saturated heterocycles. The molecule has 2 aromatic rings. The third kappa shape index (κ3) is 4.73. The standard InChI is InChI=1S/C16H14BrCl2NO/c17-12-6-7-14(15(19)9-12)16(21)20-13(10-18)8-11-4-2-1-3-5-11/h1-7,9,13H,8,10H2,(H,20,21). The SMILES string of the molecule is O=C(NC(CCl)Cc1ccccc1)c1ccc(Br)cc1Cl. The zero-order valence-corrected chi connectivity index (χ0v) is 14.3. The number of hydrogen-bond acceptors (Lipinski definition) is 1. The maximum atomic E-state index is 12.3. The molecule has 0 heterocycles. The summed E-state index contributed by atoms with van der Waals surface area (Å²) in [5.74, 6) is 0.128. The van der Waals surface area contributed by atoms with Crippen molar-refractivity contribution in [3.8, 4) is 0 Å². The third-order valence-corrected chi connectivity index (χ3v) is 4.20. The van der Waals surface area contributed by atoms with Gasteiger partial charge < -0.3 is 5.32 Å². The van der Waals surface area contributed by atoms with E-state index in [0.717, 1.165) is 10.0 Å². The highest BCUT2D eigenvalue weighted by Crippen LogP contribution is 2.21. The molecule has 21 heavy (non-hydrogen) atoms. The van der Waals surface area contributed by atoms with Crippen molar-refractivity contribution in [1.29, 1.82) is 0 Å². The van der Waals surface area contributed by atoms with Crippen molar-refractivity contribution in [2.75, 3.05) is 5.88 Å². The van der Waals surface area contributed by atoms with Crippen LogP contribution in [0.4, 0.5) is 0 Å². The molecule has 2 nitrogen and oxygen atoms in total. The van der Waals surface area contributed by atoms with Crippen molar-refractivity contribution in [2.45, 2.75) is 12.5 Å². The van der Waals surface area contributed by atoms with Crippen LogP contribution in [0.5, 0.6) is 0 Å². The fourth-order valence-corrected chi connectivity index (χ4v) is 2.93. The van der Waals surface area contributed by atoms with E-state index in [2.05, 4.69) is 21.2 Å². The van der Waals surface area contributed by atoms with Gasteiger partial charge >= 0.3 is 0 Å². The van der Waals surface area contributed by atoms with Gasteiger partial charge in [-0.3, -0.25) is 4.79 Å². The highest BCUT2D eigenvalue weighted by atomic mass is 79.9. The van der Waals surface area contributed by atoms with Gasteiger partial charge in [-0.1, -0.05) is 57.9 Å². The Labute approximate surface area is 142 Å². The fraction of sp³-hybridized carbons (Fsp3) is 0.188. The van der Waals surface area contributed by atoms with Crippen LogP contribution in [-0.2, 0) is 6.42 Å². The van der Waals surface area contributed by atoms with E-state index >= 15 is 0 Å². The van der Waals surface area contributed by atoms with Crippen molar-refractivity contribution in [3.05, 3.63) is 69.2 Å². The number of amides is 1. The van der Waals surface area contributed by atoms with Crippen LogP contribution in [0.25, 0.3) is 0 Å². The van der Waals surface area contributed by atoms with E-state index < -0.39 is 0 Å². The highest BCUT2D eigenvalue weighted by molar-refractivity contribution is 9.10. The van der Waals surface area contributed by atoms with E-state index in [1.165, 1.54) is 0 Å². The number of alkyl halides is 1. The second kappa shape index (κ2) is 7.83. The molecule has 0 aliphatic rings. The second-order valence-electron chi connectivity index (χ2n) is 4.64. The summed E-state index contributed by atoms with van der Waals surface area (Å²) in [5, 5.41) is 3.33. The first kappa shape index (κ1) is 16.3. The molecule has 0 fully saturated rings. The van der Waals surface area contributed by atoms with Gasteiger partial charge in [-0.2, -0.15) is 0 Å². The molecular formula is C16H14BrCl2NO. The molecule has 110 valence electrons. The van der Waals surface area contributed by atoms with E-state index in [1.54, 1.807) is 18.2 Å². The summed E-state index contributed by atoms with van der Waals surface area (Å²) in [7, 11) is 0. The van der Waals surface area contributed by atoms with Crippen LogP contribution in [0.1, 0.15) is 15.9 Å². The molecule has 5 heteroatoms. The van der Waals surface area contributed by atoms with Gasteiger partial charge in [-0.05, 0) is 30.2 Å². The number of benzene rings is 2. The highest BCUT2D eigenvalue weighted by Gasteiger charge is 2.16. The smallest absolute Gasteiger partial charge is 0.253 e. The van der Waals surface area contributed by atoms with Crippen LogP contribution < -0.4 is 5.32 Å². The minimum absolute atomic E-state index is 0.138. The Balaban J connectivity index is 2.06. The lowest BCUT2D eigenvalue weighted by Crippen LogP contribution is -2.37. The summed E-state index contributed by atoms with van der Waals surface area (Å²) in [6.45, 7) is 0. The minimum atomic E-state index is -0.214. The summed E-state index contributed by atoms with van der Waals surface area (Å²) < 4.78 is 0.835. The molecule has 0 spiro atoms. The van der Waals surface area contributed by atoms with Crippen molar-refractivity contribution in [3.63, 3.8) is 0 Å². The summed E-state index contributed by atoms with van der Waals surface area (Å²) in [4.78, 5) is 12.3. The molecule has 1 amide bonds. The summed E-state index contributed by atoms with van der Waals surface area (Å²) >= 11 is 15.4. The second-order valence-corrected chi connectivity index (χ2v) is 6.27. The van der Waals surface area contributed by atoms with Gasteiger partial charge in [-0.15, -0.1) is 11.6 Å². The molecule has 0 saturated carbocycles. The van der Waals surface area contributed by atoms with E-state index in [9.17, 15) is 4.79 Å². The van der Waals surface area contributed by atoms with Gasteiger partial charge in [-0.25, -0.2) is 0 Å². The molecule has 0 radical (unpaired) electrons. The minimum Gasteiger partial charge on any atom is -0.348 e. The zero-order valence-electron chi connectivity index (χ0n) is 11.2. The Bertz CT molecular complexity index is 619. The fourth-order valence-electron chi connectivity index (χ4n) is 1.98. The van der Waals surface area contributed by atoms with Gasteiger partial charge in [0.25, 0.3) is 5.91 Å². The number of carbonyl (C=O) groups is 1. The number of carbonyl (C=O) groups excluding carboxylic acids is 1. The molecule has 2 rings (SSSR count). The normalized spacial score (nSPS) is 12.0. The Morgan fingerprint density at radius 2 is 1.90 bits per heavy atom. The Hall–Kier alpha value is -1.03. The lowest BCUT2D eigenvalue weighted by Gasteiger charge is -2.16. The van der Waals surface area contributed by atoms with E-state index in [4.69, 9.17) is 23.2 Å². The summed E-state index contributed by atoms with van der Waals surface area (Å²) in [6.07, 6.45) is 0.685. The topological polar surface area (TPSA) is 29.1 Å². The first-order valence-electron chi connectivity index (χ1n) is 6.46. The average molecular weight is 387 g/mol. The van der Waals surface area contributed by atoms with Crippen LogP contribution in [0.2, 0.25) is 5.02 Å². The van der Waals surface area contributed by atoms with Gasteiger partial charge in [0.2, 0.25) is 0 Å². The third-order valence-electron chi connectivity index (χ3n) is 3.02. The van der Waals surface area contributed by atoms with Crippen molar-refractivity contribution in [1.82, 2.24) is 5.32 Å². The van der Waals surface area contributed by atoms with Gasteiger partial charge in [0.15, 0.2) is 0 Å². The van der Waals surface area contributed by atoms with Crippen molar-refractivity contribution in [2.24, 2.45) is 0 Å². The number of nitrogens with one attached hydrogen (secondary N) is 1. The maximum Gasteiger partial charge on any atom is 0.253 e. The largest absolute Gasteiger partial charge is 0.348 e. The van der Waals surface area contributed by atoms with Crippen molar-refractivity contribution < 1.29 is 4.79 Å². The zero-order chi connectivity index (χ0) is 15.2. The number of halogens is 3. The average Bonchev–Trinajstić information content (AvgIpc) is 2.47. The Morgan fingerprint density at radius 3 is 2.52 bits per heavy atom. The molecule has 2 aromatic carbocycles. The van der Waals surface area contributed by atoms with E-state index in [0.29, 0.717) is 22.9 Å².